The Morgan fingerprint density at radius 1 is 1.42 bits per heavy atom. The molecule has 0 aromatic heterocycles. The lowest BCUT2D eigenvalue weighted by Crippen LogP contribution is -2.16. The van der Waals surface area contributed by atoms with Gasteiger partial charge >= 0.3 is 5.97 Å². The second-order valence-electron chi connectivity index (χ2n) is 4.46. The number of carboxylic acids is 1. The lowest BCUT2D eigenvalue weighted by molar-refractivity contribution is -0.116. The summed E-state index contributed by atoms with van der Waals surface area (Å²) >= 11 is 3.21. The fourth-order valence-electron chi connectivity index (χ4n) is 1.50. The van der Waals surface area contributed by atoms with E-state index in [9.17, 15) is 9.59 Å². The molecule has 1 atom stereocenters. The molecule has 0 radical (unpaired) electrons. The highest BCUT2D eigenvalue weighted by molar-refractivity contribution is 9.10. The molecule has 0 spiro atoms. The number of hydrogen-bond donors (Lipinski definition) is 3. The molecule has 19 heavy (non-hydrogen) atoms. The van der Waals surface area contributed by atoms with Crippen molar-refractivity contribution in [3.8, 4) is 0 Å². The Balaban J connectivity index is 2.66. The van der Waals surface area contributed by atoms with Gasteiger partial charge in [-0.3, -0.25) is 4.79 Å². The minimum Gasteiger partial charge on any atom is -0.478 e. The minimum atomic E-state index is -1.03. The summed E-state index contributed by atoms with van der Waals surface area (Å²) in [5.41, 5.74) is 6.08. The molecule has 1 rings (SSSR count). The number of aromatic carboxylic acids is 1. The number of carboxylic acid groups (broad SMARTS) is 1. The first-order valence-corrected chi connectivity index (χ1v) is 6.75. The predicted octanol–water partition coefficient (Wildman–Crippen LogP) is 2.46. The molecule has 1 amide bonds. The molecule has 0 saturated carbocycles. The van der Waals surface area contributed by atoms with Crippen LogP contribution in [0.4, 0.5) is 5.69 Å². The summed E-state index contributed by atoms with van der Waals surface area (Å²) in [6.07, 6.45) is 1.08. The van der Waals surface area contributed by atoms with E-state index in [1.54, 1.807) is 6.07 Å². The first-order valence-electron chi connectivity index (χ1n) is 5.96. The van der Waals surface area contributed by atoms with Gasteiger partial charge in [0.15, 0.2) is 0 Å². The Bertz CT molecular complexity index is 477. The molecule has 0 aliphatic carbocycles. The number of carbonyl (C=O) groups excluding carboxylic acids is 1. The molecule has 1 aromatic carbocycles. The Labute approximate surface area is 120 Å². The Hall–Kier alpha value is -1.40. The van der Waals surface area contributed by atoms with E-state index >= 15 is 0 Å². The van der Waals surface area contributed by atoms with Crippen LogP contribution in [0.1, 0.15) is 30.1 Å². The van der Waals surface area contributed by atoms with Crippen molar-refractivity contribution in [2.45, 2.75) is 19.8 Å². The van der Waals surface area contributed by atoms with Crippen molar-refractivity contribution in [2.24, 2.45) is 11.7 Å². The van der Waals surface area contributed by atoms with Gasteiger partial charge in [-0.1, -0.05) is 22.9 Å². The molecule has 6 heteroatoms. The standard InChI is InChI=1S/C13H17BrN2O3/c1-8(7-15)2-3-12(17)16-11-5-9(13(18)19)4-10(14)6-11/h4-6,8H,2-3,7,15H2,1H3,(H,16,17)(H,18,19). The van der Waals surface area contributed by atoms with Crippen LogP contribution < -0.4 is 11.1 Å². The summed E-state index contributed by atoms with van der Waals surface area (Å²) in [6.45, 7) is 2.53. The third kappa shape index (κ3) is 5.40. The van der Waals surface area contributed by atoms with Crippen molar-refractivity contribution < 1.29 is 14.7 Å². The second-order valence-corrected chi connectivity index (χ2v) is 5.38. The molecule has 5 nitrogen and oxygen atoms in total. The van der Waals surface area contributed by atoms with Gasteiger partial charge in [-0.15, -0.1) is 0 Å². The monoisotopic (exact) mass is 328 g/mol. The maximum atomic E-state index is 11.7. The third-order valence-corrected chi connectivity index (χ3v) is 3.15. The normalized spacial score (nSPS) is 11.9. The molecule has 0 aliphatic rings. The summed E-state index contributed by atoms with van der Waals surface area (Å²) in [6, 6.07) is 4.57. The molecule has 1 aromatic rings. The van der Waals surface area contributed by atoms with Crippen molar-refractivity contribution in [1.29, 1.82) is 0 Å². The maximum Gasteiger partial charge on any atom is 0.335 e. The quantitative estimate of drug-likeness (QED) is 0.747. The van der Waals surface area contributed by atoms with E-state index < -0.39 is 5.97 Å². The van der Waals surface area contributed by atoms with Crippen LogP contribution in [0.25, 0.3) is 0 Å². The average molecular weight is 329 g/mol. The second kappa shape index (κ2) is 7.25. The van der Waals surface area contributed by atoms with Gasteiger partial charge in [0.25, 0.3) is 0 Å². The molecule has 1 unspecified atom stereocenters. The number of benzene rings is 1. The van der Waals surface area contributed by atoms with Gasteiger partial charge in [0, 0.05) is 16.6 Å². The van der Waals surface area contributed by atoms with Crippen molar-refractivity contribution in [1.82, 2.24) is 0 Å². The smallest absolute Gasteiger partial charge is 0.335 e. The fraction of sp³-hybridized carbons (Fsp3) is 0.385. The van der Waals surface area contributed by atoms with Crippen molar-refractivity contribution >= 4 is 33.5 Å². The van der Waals surface area contributed by atoms with E-state index in [1.807, 2.05) is 6.92 Å². The predicted molar refractivity (Wildman–Crippen MR) is 77.2 cm³/mol. The van der Waals surface area contributed by atoms with Gasteiger partial charge in [0.05, 0.1) is 5.56 Å². The first-order chi connectivity index (χ1) is 8.92. The average Bonchev–Trinajstić information content (AvgIpc) is 2.35. The number of nitrogens with two attached hydrogens (primary N) is 1. The molecule has 4 N–H and O–H groups in total. The van der Waals surface area contributed by atoms with Gasteiger partial charge < -0.3 is 16.2 Å². The maximum absolute atomic E-state index is 11.7. The summed E-state index contributed by atoms with van der Waals surface area (Å²) in [5, 5.41) is 11.6. The summed E-state index contributed by atoms with van der Waals surface area (Å²) < 4.78 is 0.609. The summed E-state index contributed by atoms with van der Waals surface area (Å²) in [7, 11) is 0. The van der Waals surface area contributed by atoms with Gasteiger partial charge in [-0.05, 0) is 37.1 Å². The topological polar surface area (TPSA) is 92.4 Å². The highest BCUT2D eigenvalue weighted by Gasteiger charge is 2.09. The molecular weight excluding hydrogens is 312 g/mol. The molecule has 0 bridgehead atoms. The highest BCUT2D eigenvalue weighted by Crippen LogP contribution is 2.20. The Morgan fingerprint density at radius 3 is 2.68 bits per heavy atom. The SMILES string of the molecule is CC(CN)CCC(=O)Nc1cc(Br)cc(C(=O)O)c1. The first kappa shape index (κ1) is 15.7. The zero-order valence-electron chi connectivity index (χ0n) is 10.6. The lowest BCUT2D eigenvalue weighted by Gasteiger charge is -2.09. The summed E-state index contributed by atoms with van der Waals surface area (Å²) in [5.74, 6) is -0.883. The fourth-order valence-corrected chi connectivity index (χ4v) is 2.00. The van der Waals surface area contributed by atoms with Crippen LogP contribution in [0.3, 0.4) is 0 Å². The van der Waals surface area contributed by atoms with Crippen LogP contribution in [-0.2, 0) is 4.79 Å². The molecule has 0 aliphatic heterocycles. The van der Waals surface area contributed by atoms with Crippen LogP contribution >= 0.6 is 15.9 Å². The number of carbonyl (C=O) groups is 2. The van der Waals surface area contributed by atoms with E-state index in [0.29, 0.717) is 35.5 Å². The van der Waals surface area contributed by atoms with Gasteiger partial charge in [0.2, 0.25) is 5.91 Å². The number of hydrogen-bond acceptors (Lipinski definition) is 3. The number of nitrogens with one attached hydrogen (secondary N) is 1. The minimum absolute atomic E-state index is 0.125. The highest BCUT2D eigenvalue weighted by atomic mass is 79.9. The Kier molecular flexibility index (Phi) is 5.98. The molecule has 0 fully saturated rings. The Morgan fingerprint density at radius 2 is 2.11 bits per heavy atom. The zero-order valence-corrected chi connectivity index (χ0v) is 12.2. The molecule has 0 saturated heterocycles. The molecule has 104 valence electrons. The van der Waals surface area contributed by atoms with Crippen LogP contribution in [0.15, 0.2) is 22.7 Å². The van der Waals surface area contributed by atoms with Gasteiger partial charge in [-0.2, -0.15) is 0 Å². The van der Waals surface area contributed by atoms with E-state index in [1.165, 1.54) is 12.1 Å². The number of anilines is 1. The lowest BCUT2D eigenvalue weighted by atomic mass is 10.1. The van der Waals surface area contributed by atoms with Crippen LogP contribution in [0.2, 0.25) is 0 Å². The van der Waals surface area contributed by atoms with Crippen LogP contribution in [0.5, 0.6) is 0 Å². The zero-order chi connectivity index (χ0) is 14.4. The number of amides is 1. The van der Waals surface area contributed by atoms with Crippen molar-refractivity contribution in [3.05, 3.63) is 28.2 Å². The van der Waals surface area contributed by atoms with E-state index in [0.717, 1.165) is 0 Å². The number of rotatable bonds is 6. The summed E-state index contributed by atoms with van der Waals surface area (Å²) in [4.78, 5) is 22.6. The largest absolute Gasteiger partial charge is 0.478 e. The van der Waals surface area contributed by atoms with Gasteiger partial charge in [0.1, 0.15) is 0 Å². The molecule has 0 heterocycles. The number of halogens is 1. The van der Waals surface area contributed by atoms with Crippen molar-refractivity contribution in [3.63, 3.8) is 0 Å². The van der Waals surface area contributed by atoms with E-state index in [4.69, 9.17) is 10.8 Å². The van der Waals surface area contributed by atoms with E-state index in [-0.39, 0.29) is 11.5 Å². The van der Waals surface area contributed by atoms with Gasteiger partial charge in [-0.25, -0.2) is 4.79 Å². The van der Waals surface area contributed by atoms with Crippen LogP contribution in [0, 0.1) is 5.92 Å². The van der Waals surface area contributed by atoms with Crippen molar-refractivity contribution in [2.75, 3.05) is 11.9 Å². The molecular formula is C13H17BrN2O3. The van der Waals surface area contributed by atoms with E-state index in [2.05, 4.69) is 21.2 Å². The van der Waals surface area contributed by atoms with Crippen LogP contribution in [-0.4, -0.2) is 23.5 Å². The third-order valence-electron chi connectivity index (χ3n) is 2.70.